The lowest BCUT2D eigenvalue weighted by molar-refractivity contribution is -0.334. The van der Waals surface area contributed by atoms with Gasteiger partial charge in [0.1, 0.15) is 12.7 Å². The maximum atomic E-state index is 13.4. The van der Waals surface area contributed by atoms with Crippen LogP contribution < -0.4 is 0 Å². The third kappa shape index (κ3) is 6.50. The summed E-state index contributed by atoms with van der Waals surface area (Å²) in [5.74, 6) is -6.87. The monoisotopic (exact) mass is 526 g/mol. The van der Waals surface area contributed by atoms with Crippen molar-refractivity contribution in [1.29, 1.82) is 0 Å². The summed E-state index contributed by atoms with van der Waals surface area (Å²) in [6.45, 7) is -1.40. The van der Waals surface area contributed by atoms with Crippen molar-refractivity contribution in [1.82, 2.24) is 0 Å². The number of rotatable bonds is 8. The van der Waals surface area contributed by atoms with Gasteiger partial charge in [0.05, 0.1) is 12.7 Å². The van der Waals surface area contributed by atoms with Gasteiger partial charge in [0.2, 0.25) is 0 Å². The molecular weight excluding hydrogens is 514 g/mol. The van der Waals surface area contributed by atoms with Gasteiger partial charge in [0, 0.05) is 0 Å². The fourth-order valence-electron chi connectivity index (χ4n) is 1.72. The first kappa shape index (κ1) is 30.9. The molecule has 0 heterocycles. The summed E-state index contributed by atoms with van der Waals surface area (Å²) in [7, 11) is 0. The molecule has 5 nitrogen and oxygen atoms in total. The zero-order chi connectivity index (χ0) is 26.8. The number of alkyl halides is 14. The van der Waals surface area contributed by atoms with Crippen LogP contribution in [0.2, 0.25) is 0 Å². The van der Waals surface area contributed by atoms with Gasteiger partial charge in [-0.3, -0.25) is 0 Å². The summed E-state index contributed by atoms with van der Waals surface area (Å²) >= 11 is 0. The van der Waals surface area contributed by atoms with E-state index >= 15 is 0 Å². The van der Waals surface area contributed by atoms with Crippen LogP contribution in [-0.2, 0) is 23.8 Å². The Morgan fingerprint density at radius 1 is 0.576 bits per heavy atom. The molecular formula is C14H12F14O5. The minimum Gasteiger partial charge on any atom is -0.460 e. The first-order chi connectivity index (χ1) is 14.3. The molecule has 0 spiro atoms. The predicted octanol–water partition coefficient (Wildman–Crippen LogP) is 4.53. The van der Waals surface area contributed by atoms with Gasteiger partial charge < -0.3 is 14.2 Å². The van der Waals surface area contributed by atoms with E-state index in [1.807, 2.05) is 0 Å². The zero-order valence-electron chi connectivity index (χ0n) is 15.9. The molecule has 0 saturated heterocycles. The molecule has 33 heavy (non-hydrogen) atoms. The second-order valence-corrected chi connectivity index (χ2v) is 6.27. The summed E-state index contributed by atoms with van der Waals surface area (Å²) in [5.41, 5.74) is -12.8. The summed E-state index contributed by atoms with van der Waals surface area (Å²) < 4.78 is 187. The van der Waals surface area contributed by atoms with Crippen molar-refractivity contribution >= 4 is 11.9 Å². The van der Waals surface area contributed by atoms with Gasteiger partial charge in [-0.1, -0.05) is 0 Å². The molecule has 0 aliphatic rings. The highest BCUT2D eigenvalue weighted by atomic mass is 19.4. The van der Waals surface area contributed by atoms with Gasteiger partial charge in [-0.15, -0.1) is 0 Å². The topological polar surface area (TPSA) is 61.8 Å². The van der Waals surface area contributed by atoms with E-state index in [2.05, 4.69) is 14.2 Å². The van der Waals surface area contributed by atoms with Crippen molar-refractivity contribution in [2.24, 2.45) is 0 Å². The standard InChI is InChI=1S/C14H12F14O5/c1-5(3-32-7(29)9(15,11(17,18)19)12(20,21)22)31-4-6(2)33-8(30)10(16,13(23,24)25)14(26,27)28/h5-6H,3-4H2,1-2H3. The van der Waals surface area contributed by atoms with Crippen LogP contribution in [0.5, 0.6) is 0 Å². The van der Waals surface area contributed by atoms with E-state index in [0.29, 0.717) is 6.92 Å². The number of esters is 2. The Morgan fingerprint density at radius 2 is 0.909 bits per heavy atom. The Kier molecular flexibility index (Phi) is 9.04. The van der Waals surface area contributed by atoms with E-state index in [0.717, 1.165) is 6.92 Å². The molecule has 19 heteroatoms. The van der Waals surface area contributed by atoms with Crippen molar-refractivity contribution < 1.29 is 85.3 Å². The first-order valence-electron chi connectivity index (χ1n) is 7.98. The molecule has 0 aromatic heterocycles. The van der Waals surface area contributed by atoms with Gasteiger partial charge in [-0.25, -0.2) is 18.4 Å². The molecule has 0 fully saturated rings. The highest BCUT2D eigenvalue weighted by Gasteiger charge is 2.79. The average molecular weight is 526 g/mol. The Bertz CT molecular complexity index is 664. The van der Waals surface area contributed by atoms with Gasteiger partial charge >= 0.3 is 48.0 Å². The second kappa shape index (κ2) is 9.65. The molecule has 0 aromatic carbocycles. The fraction of sp³-hybridized carbons (Fsp3) is 0.857. The summed E-state index contributed by atoms with van der Waals surface area (Å²) in [6.07, 6.45) is -30.9. The Labute approximate surface area is 173 Å². The van der Waals surface area contributed by atoms with E-state index in [-0.39, 0.29) is 0 Å². The van der Waals surface area contributed by atoms with Crippen LogP contribution in [0.25, 0.3) is 0 Å². The van der Waals surface area contributed by atoms with Crippen molar-refractivity contribution in [2.45, 2.75) is 62.1 Å². The molecule has 0 aromatic rings. The zero-order valence-corrected chi connectivity index (χ0v) is 15.9. The van der Waals surface area contributed by atoms with E-state index < -0.39 is 73.4 Å². The largest absolute Gasteiger partial charge is 0.460 e. The van der Waals surface area contributed by atoms with Crippen LogP contribution in [-0.4, -0.2) is 73.4 Å². The molecule has 0 N–H and O–H groups in total. The Hall–Kier alpha value is -2.08. The van der Waals surface area contributed by atoms with Crippen molar-refractivity contribution in [3.63, 3.8) is 0 Å². The highest BCUT2D eigenvalue weighted by molar-refractivity contribution is 5.82. The van der Waals surface area contributed by atoms with Crippen molar-refractivity contribution in [3.8, 4) is 0 Å². The lowest BCUT2D eigenvalue weighted by Gasteiger charge is -2.29. The number of hydrogen-bond acceptors (Lipinski definition) is 5. The third-order valence-electron chi connectivity index (χ3n) is 3.50. The molecule has 0 saturated carbocycles. The summed E-state index contributed by atoms with van der Waals surface area (Å²) in [5, 5.41) is 0. The van der Waals surface area contributed by atoms with Crippen LogP contribution >= 0.6 is 0 Å². The SMILES string of the molecule is CC(COC(=O)C(F)(C(F)(F)F)C(F)(F)F)OCC(C)OC(=O)C(F)(C(F)(F)F)C(F)(F)F. The van der Waals surface area contributed by atoms with Crippen LogP contribution in [0, 0.1) is 0 Å². The number of halogens is 14. The van der Waals surface area contributed by atoms with Crippen molar-refractivity contribution in [3.05, 3.63) is 0 Å². The van der Waals surface area contributed by atoms with Crippen LogP contribution in [0.3, 0.4) is 0 Å². The average Bonchev–Trinajstić information content (AvgIpc) is 2.58. The predicted molar refractivity (Wildman–Crippen MR) is 73.8 cm³/mol. The number of carbonyl (C=O) groups is 2. The quantitative estimate of drug-likeness (QED) is 0.344. The van der Waals surface area contributed by atoms with E-state index in [9.17, 15) is 71.1 Å². The lowest BCUT2D eigenvalue weighted by Crippen LogP contribution is -2.60. The summed E-state index contributed by atoms with van der Waals surface area (Å²) in [6, 6.07) is 0. The van der Waals surface area contributed by atoms with Crippen LogP contribution in [0.1, 0.15) is 13.8 Å². The van der Waals surface area contributed by atoms with Crippen molar-refractivity contribution in [2.75, 3.05) is 13.2 Å². The van der Waals surface area contributed by atoms with E-state index in [4.69, 9.17) is 0 Å². The molecule has 0 rings (SSSR count). The van der Waals surface area contributed by atoms with E-state index in [1.165, 1.54) is 0 Å². The van der Waals surface area contributed by atoms with Gasteiger partial charge in [0.25, 0.3) is 0 Å². The number of carbonyl (C=O) groups excluding carboxylic acids is 2. The maximum absolute atomic E-state index is 13.4. The minimum absolute atomic E-state index is 0.573. The lowest BCUT2D eigenvalue weighted by atomic mass is 10.1. The Morgan fingerprint density at radius 3 is 1.24 bits per heavy atom. The molecule has 0 amide bonds. The molecule has 2 unspecified atom stereocenters. The maximum Gasteiger partial charge on any atom is 0.442 e. The molecule has 196 valence electrons. The molecule has 2 atom stereocenters. The van der Waals surface area contributed by atoms with E-state index in [1.54, 1.807) is 0 Å². The normalized spacial score (nSPS) is 16.2. The third-order valence-corrected chi connectivity index (χ3v) is 3.50. The van der Waals surface area contributed by atoms with Crippen LogP contribution in [0.4, 0.5) is 61.5 Å². The second-order valence-electron chi connectivity index (χ2n) is 6.27. The summed E-state index contributed by atoms with van der Waals surface area (Å²) in [4.78, 5) is 22.1. The molecule has 0 bridgehead atoms. The van der Waals surface area contributed by atoms with Gasteiger partial charge in [-0.05, 0) is 13.8 Å². The van der Waals surface area contributed by atoms with Gasteiger partial charge in [-0.2, -0.15) is 52.7 Å². The van der Waals surface area contributed by atoms with Crippen LogP contribution in [0.15, 0.2) is 0 Å². The molecule has 0 aliphatic carbocycles. The molecule has 0 radical (unpaired) electrons. The smallest absolute Gasteiger partial charge is 0.442 e. The first-order valence-corrected chi connectivity index (χ1v) is 7.98. The highest BCUT2D eigenvalue weighted by Crippen LogP contribution is 2.48. The molecule has 0 aliphatic heterocycles. The number of ether oxygens (including phenoxy) is 3. The number of hydrogen-bond donors (Lipinski definition) is 0. The minimum atomic E-state index is -6.78. The fourth-order valence-corrected chi connectivity index (χ4v) is 1.72. The van der Waals surface area contributed by atoms with Gasteiger partial charge in [0.15, 0.2) is 0 Å². The Balaban J connectivity index is 5.04.